The average Bonchev–Trinajstić information content (AvgIpc) is 2.62. The van der Waals surface area contributed by atoms with Gasteiger partial charge in [-0.2, -0.15) is 0 Å². The number of esters is 1. The Morgan fingerprint density at radius 1 is 1.12 bits per heavy atom. The predicted molar refractivity (Wildman–Crippen MR) is 96.8 cm³/mol. The number of fused-ring (bicyclic) bond motifs is 1. The van der Waals surface area contributed by atoms with Crippen LogP contribution in [-0.2, 0) is 9.53 Å². The monoisotopic (exact) mass is 354 g/mol. The molecule has 0 atom stereocenters. The van der Waals surface area contributed by atoms with Crippen LogP contribution in [0.4, 0.5) is 5.69 Å². The third-order valence-electron chi connectivity index (χ3n) is 3.60. The molecule has 1 heterocycles. The Morgan fingerprint density at radius 2 is 1.92 bits per heavy atom. The van der Waals surface area contributed by atoms with Crippen LogP contribution in [0.15, 0.2) is 54.6 Å². The van der Waals surface area contributed by atoms with Crippen molar-refractivity contribution in [3.63, 3.8) is 0 Å². The van der Waals surface area contributed by atoms with Crippen molar-refractivity contribution >= 4 is 40.1 Å². The third kappa shape index (κ3) is 4.14. The average molecular weight is 355 g/mol. The molecule has 5 nitrogen and oxygen atoms in total. The Labute approximate surface area is 149 Å². The van der Waals surface area contributed by atoms with Gasteiger partial charge in [0.15, 0.2) is 6.61 Å². The first kappa shape index (κ1) is 16.9. The minimum absolute atomic E-state index is 0.157. The number of ether oxygens (including phenoxy) is 1. The van der Waals surface area contributed by atoms with Crippen molar-refractivity contribution in [2.24, 2.45) is 0 Å². The number of para-hydroxylation sites is 1. The van der Waals surface area contributed by atoms with Crippen molar-refractivity contribution in [1.29, 1.82) is 0 Å². The number of carbonyl (C=O) groups excluding carboxylic acids is 2. The van der Waals surface area contributed by atoms with E-state index < -0.39 is 18.5 Å². The molecule has 3 aromatic rings. The van der Waals surface area contributed by atoms with Gasteiger partial charge in [-0.05, 0) is 36.8 Å². The minimum Gasteiger partial charge on any atom is -0.451 e. The number of carbonyl (C=O) groups is 2. The number of hydrogen-bond donors (Lipinski definition) is 1. The number of hydrogen-bond acceptors (Lipinski definition) is 4. The van der Waals surface area contributed by atoms with E-state index in [0.717, 1.165) is 10.9 Å². The highest BCUT2D eigenvalue weighted by Crippen LogP contribution is 2.19. The minimum atomic E-state index is -0.650. The standard InChI is InChI=1S/C19H15ClN2O3/c1-12-6-8-14(10-15(12)20)21-18(23)11-25-19(24)17-9-7-13-4-2-3-5-16(13)22-17/h2-10H,11H2,1H3,(H,21,23). The molecule has 25 heavy (non-hydrogen) atoms. The van der Waals surface area contributed by atoms with Crippen molar-refractivity contribution in [2.45, 2.75) is 6.92 Å². The van der Waals surface area contributed by atoms with E-state index in [1.54, 1.807) is 36.4 Å². The van der Waals surface area contributed by atoms with E-state index in [0.29, 0.717) is 16.2 Å². The van der Waals surface area contributed by atoms with Crippen molar-refractivity contribution in [2.75, 3.05) is 11.9 Å². The van der Waals surface area contributed by atoms with Gasteiger partial charge >= 0.3 is 5.97 Å². The molecule has 0 spiro atoms. The van der Waals surface area contributed by atoms with Crippen molar-refractivity contribution in [1.82, 2.24) is 4.98 Å². The normalized spacial score (nSPS) is 10.5. The van der Waals surface area contributed by atoms with Gasteiger partial charge in [0.05, 0.1) is 5.52 Å². The highest BCUT2D eigenvalue weighted by Gasteiger charge is 2.12. The van der Waals surface area contributed by atoms with Crippen LogP contribution in [0.1, 0.15) is 16.1 Å². The lowest BCUT2D eigenvalue weighted by Gasteiger charge is -2.08. The zero-order valence-corrected chi connectivity index (χ0v) is 14.2. The Morgan fingerprint density at radius 3 is 2.72 bits per heavy atom. The summed E-state index contributed by atoms with van der Waals surface area (Å²) in [7, 11) is 0. The molecule has 1 aromatic heterocycles. The maximum Gasteiger partial charge on any atom is 0.357 e. The fourth-order valence-corrected chi connectivity index (χ4v) is 2.43. The molecule has 0 saturated heterocycles. The summed E-state index contributed by atoms with van der Waals surface area (Å²) in [4.78, 5) is 28.2. The Kier molecular flexibility index (Phi) is 4.95. The molecule has 0 aliphatic carbocycles. The summed E-state index contributed by atoms with van der Waals surface area (Å²) in [6.07, 6.45) is 0. The fraction of sp³-hybridized carbons (Fsp3) is 0.105. The van der Waals surface area contributed by atoms with Crippen LogP contribution in [0.5, 0.6) is 0 Å². The molecule has 1 N–H and O–H groups in total. The first-order chi connectivity index (χ1) is 12.0. The Bertz CT molecular complexity index is 956. The van der Waals surface area contributed by atoms with Crippen LogP contribution in [0, 0.1) is 6.92 Å². The second-order valence-electron chi connectivity index (χ2n) is 5.48. The van der Waals surface area contributed by atoms with Crippen LogP contribution in [0.3, 0.4) is 0 Å². The molecule has 0 aliphatic rings. The molecular formula is C19H15ClN2O3. The van der Waals surface area contributed by atoms with Gasteiger partial charge < -0.3 is 10.1 Å². The van der Waals surface area contributed by atoms with E-state index in [2.05, 4.69) is 10.3 Å². The largest absolute Gasteiger partial charge is 0.451 e. The predicted octanol–water partition coefficient (Wildman–Crippen LogP) is 3.99. The number of benzene rings is 2. The molecule has 0 unspecified atom stereocenters. The number of nitrogens with one attached hydrogen (secondary N) is 1. The summed E-state index contributed by atoms with van der Waals surface area (Å²) in [6.45, 7) is 1.46. The number of pyridine rings is 1. The SMILES string of the molecule is Cc1ccc(NC(=O)COC(=O)c2ccc3ccccc3n2)cc1Cl. The summed E-state index contributed by atoms with van der Waals surface area (Å²) in [5.41, 5.74) is 2.30. The maximum atomic E-state index is 12.1. The zero-order chi connectivity index (χ0) is 17.8. The molecule has 0 saturated carbocycles. The molecule has 0 aliphatic heterocycles. The molecule has 0 radical (unpaired) electrons. The first-order valence-corrected chi connectivity index (χ1v) is 7.99. The molecule has 0 fully saturated rings. The topological polar surface area (TPSA) is 68.3 Å². The lowest BCUT2D eigenvalue weighted by atomic mass is 10.2. The maximum absolute atomic E-state index is 12.1. The molecule has 6 heteroatoms. The van der Waals surface area contributed by atoms with Crippen molar-refractivity contribution in [3.05, 3.63) is 70.9 Å². The molecule has 1 amide bonds. The van der Waals surface area contributed by atoms with Crippen molar-refractivity contribution < 1.29 is 14.3 Å². The molecule has 126 valence electrons. The summed E-state index contributed by atoms with van der Waals surface area (Å²) in [6, 6.07) is 16.0. The first-order valence-electron chi connectivity index (χ1n) is 7.62. The van der Waals surface area contributed by atoms with Gasteiger partial charge in [0.1, 0.15) is 5.69 Å². The Hall–Kier alpha value is -2.92. The lowest BCUT2D eigenvalue weighted by Crippen LogP contribution is -2.21. The van der Waals surface area contributed by atoms with Gasteiger partial charge in [-0.25, -0.2) is 9.78 Å². The molecule has 2 aromatic carbocycles. The second kappa shape index (κ2) is 7.32. The van der Waals surface area contributed by atoms with Gasteiger partial charge in [0.25, 0.3) is 5.91 Å². The van der Waals surface area contributed by atoms with Crippen LogP contribution in [0.25, 0.3) is 10.9 Å². The summed E-state index contributed by atoms with van der Waals surface area (Å²) in [5, 5.41) is 4.10. The number of anilines is 1. The highest BCUT2D eigenvalue weighted by atomic mass is 35.5. The fourth-order valence-electron chi connectivity index (χ4n) is 2.25. The number of nitrogens with zero attached hydrogens (tertiary/aromatic N) is 1. The Balaban J connectivity index is 1.60. The summed E-state index contributed by atoms with van der Waals surface area (Å²) in [5.74, 6) is -1.10. The van der Waals surface area contributed by atoms with E-state index in [1.165, 1.54) is 0 Å². The van der Waals surface area contributed by atoms with Crippen LogP contribution >= 0.6 is 11.6 Å². The third-order valence-corrected chi connectivity index (χ3v) is 4.00. The molecular weight excluding hydrogens is 340 g/mol. The number of amides is 1. The van der Waals surface area contributed by atoms with E-state index >= 15 is 0 Å². The number of aryl methyl sites for hydroxylation is 1. The van der Waals surface area contributed by atoms with Gasteiger partial charge in [-0.1, -0.05) is 41.9 Å². The van der Waals surface area contributed by atoms with E-state index in [-0.39, 0.29) is 5.69 Å². The molecule has 3 rings (SSSR count). The molecule has 0 bridgehead atoms. The number of aromatic nitrogens is 1. The van der Waals surface area contributed by atoms with Gasteiger partial charge in [-0.3, -0.25) is 4.79 Å². The van der Waals surface area contributed by atoms with Crippen LogP contribution in [-0.4, -0.2) is 23.5 Å². The number of rotatable bonds is 4. The highest BCUT2D eigenvalue weighted by molar-refractivity contribution is 6.31. The van der Waals surface area contributed by atoms with Gasteiger partial charge in [0, 0.05) is 16.1 Å². The quantitative estimate of drug-likeness (QED) is 0.719. The van der Waals surface area contributed by atoms with E-state index in [4.69, 9.17) is 16.3 Å². The van der Waals surface area contributed by atoms with Gasteiger partial charge in [-0.15, -0.1) is 0 Å². The van der Waals surface area contributed by atoms with Gasteiger partial charge in [0.2, 0.25) is 0 Å². The summed E-state index contributed by atoms with van der Waals surface area (Å²) < 4.78 is 5.02. The summed E-state index contributed by atoms with van der Waals surface area (Å²) >= 11 is 6.01. The van der Waals surface area contributed by atoms with Crippen LogP contribution < -0.4 is 5.32 Å². The smallest absolute Gasteiger partial charge is 0.357 e. The number of halogens is 1. The van der Waals surface area contributed by atoms with E-state index in [1.807, 2.05) is 25.1 Å². The van der Waals surface area contributed by atoms with E-state index in [9.17, 15) is 9.59 Å². The lowest BCUT2D eigenvalue weighted by molar-refractivity contribution is -0.119. The zero-order valence-electron chi connectivity index (χ0n) is 13.5. The van der Waals surface area contributed by atoms with Crippen LogP contribution in [0.2, 0.25) is 5.02 Å². The van der Waals surface area contributed by atoms with Crippen molar-refractivity contribution in [3.8, 4) is 0 Å². The second-order valence-corrected chi connectivity index (χ2v) is 5.88.